The van der Waals surface area contributed by atoms with Gasteiger partial charge in [-0.1, -0.05) is 17.7 Å². The number of amides is 3. The molecule has 0 radical (unpaired) electrons. The van der Waals surface area contributed by atoms with Crippen LogP contribution >= 0.6 is 0 Å². The van der Waals surface area contributed by atoms with Crippen molar-refractivity contribution in [2.75, 3.05) is 44.9 Å². The number of furan rings is 1. The van der Waals surface area contributed by atoms with E-state index in [0.29, 0.717) is 34.3 Å². The van der Waals surface area contributed by atoms with E-state index in [9.17, 15) is 14.4 Å². The van der Waals surface area contributed by atoms with Crippen molar-refractivity contribution in [3.63, 3.8) is 0 Å². The highest BCUT2D eigenvalue weighted by Gasteiger charge is 2.23. The molecule has 0 unspecified atom stereocenters. The van der Waals surface area contributed by atoms with E-state index in [1.807, 2.05) is 38.1 Å². The van der Waals surface area contributed by atoms with Crippen LogP contribution < -0.4 is 10.6 Å². The Balaban J connectivity index is 1.54. The number of fused-ring (bicyclic) bond motifs is 1. The molecule has 0 bridgehead atoms. The first kappa shape index (κ1) is 25.6. The molecule has 0 saturated carbocycles. The van der Waals surface area contributed by atoms with E-state index >= 15 is 0 Å². The maximum Gasteiger partial charge on any atom is 0.293 e. The van der Waals surface area contributed by atoms with Gasteiger partial charge in [0, 0.05) is 49.3 Å². The summed E-state index contributed by atoms with van der Waals surface area (Å²) in [5.74, 6) is -1.12. The molecule has 3 amide bonds. The molecule has 4 rings (SSSR count). The number of aromatic nitrogens is 1. The molecule has 0 saturated heterocycles. The van der Waals surface area contributed by atoms with Crippen LogP contribution in [-0.2, 0) is 0 Å². The second kappa shape index (κ2) is 11.0. The van der Waals surface area contributed by atoms with Gasteiger partial charge in [0.25, 0.3) is 17.7 Å². The molecule has 2 N–H and O–H groups in total. The van der Waals surface area contributed by atoms with Gasteiger partial charge in [-0.3, -0.25) is 19.4 Å². The SMILES string of the molecule is Cc1ccc(NC(=O)c2oc3ccncc3c2NC(=O)c2ccc(C(=O)N(C)CCN(C)C)cc2)cc1. The lowest BCUT2D eigenvalue weighted by Crippen LogP contribution is -2.33. The second-order valence-corrected chi connectivity index (χ2v) is 9.06. The number of hydrogen-bond donors (Lipinski definition) is 2. The molecule has 9 heteroatoms. The number of carbonyl (C=O) groups is 3. The first-order chi connectivity index (χ1) is 17.7. The lowest BCUT2D eigenvalue weighted by atomic mass is 10.1. The Morgan fingerprint density at radius 1 is 0.838 bits per heavy atom. The van der Waals surface area contributed by atoms with Gasteiger partial charge in [0.05, 0.1) is 5.39 Å². The minimum atomic E-state index is -0.503. The summed E-state index contributed by atoms with van der Waals surface area (Å²) in [6.45, 7) is 3.29. The molecule has 0 aliphatic rings. The van der Waals surface area contributed by atoms with E-state index in [1.165, 1.54) is 6.20 Å². The van der Waals surface area contributed by atoms with Crippen LogP contribution in [0.5, 0.6) is 0 Å². The molecule has 9 nitrogen and oxygen atoms in total. The number of nitrogens with one attached hydrogen (secondary N) is 2. The standard InChI is InChI=1S/C28H29N5O4/c1-18-5-11-21(12-6-18)30-27(35)25-24(22-17-29-14-13-23(22)37-25)31-26(34)19-7-9-20(10-8-19)28(36)33(4)16-15-32(2)3/h5-14,17H,15-16H2,1-4H3,(H,30,35)(H,31,34). The minimum Gasteiger partial charge on any atom is -0.448 e. The van der Waals surface area contributed by atoms with Gasteiger partial charge in [0.2, 0.25) is 5.76 Å². The molecule has 2 aromatic carbocycles. The topological polar surface area (TPSA) is 108 Å². The van der Waals surface area contributed by atoms with E-state index in [0.717, 1.165) is 12.1 Å². The Hall–Kier alpha value is -4.50. The van der Waals surface area contributed by atoms with E-state index in [-0.39, 0.29) is 17.4 Å². The smallest absolute Gasteiger partial charge is 0.293 e. The van der Waals surface area contributed by atoms with Gasteiger partial charge < -0.3 is 24.9 Å². The summed E-state index contributed by atoms with van der Waals surface area (Å²) in [7, 11) is 5.64. The van der Waals surface area contributed by atoms with Crippen LogP contribution in [-0.4, -0.2) is 66.7 Å². The van der Waals surface area contributed by atoms with Gasteiger partial charge in [-0.15, -0.1) is 0 Å². The fourth-order valence-electron chi connectivity index (χ4n) is 3.67. The van der Waals surface area contributed by atoms with E-state index < -0.39 is 11.8 Å². The summed E-state index contributed by atoms with van der Waals surface area (Å²) >= 11 is 0. The average molecular weight is 500 g/mol. The molecule has 0 aliphatic carbocycles. The second-order valence-electron chi connectivity index (χ2n) is 9.06. The first-order valence-corrected chi connectivity index (χ1v) is 11.8. The lowest BCUT2D eigenvalue weighted by molar-refractivity contribution is 0.0785. The summed E-state index contributed by atoms with van der Waals surface area (Å²) in [6.07, 6.45) is 3.08. The normalized spacial score (nSPS) is 10.9. The van der Waals surface area contributed by atoms with E-state index in [4.69, 9.17) is 4.42 Å². The third-order valence-corrected chi connectivity index (χ3v) is 5.87. The molecule has 0 fully saturated rings. The van der Waals surface area contributed by atoms with Crippen LogP contribution in [0.2, 0.25) is 0 Å². The third kappa shape index (κ3) is 6.02. The van der Waals surface area contributed by atoms with Crippen LogP contribution in [0.25, 0.3) is 11.0 Å². The summed E-state index contributed by atoms with van der Waals surface area (Å²) in [5.41, 5.74) is 3.11. The van der Waals surface area contributed by atoms with Crippen molar-refractivity contribution >= 4 is 40.1 Å². The van der Waals surface area contributed by atoms with Gasteiger partial charge in [-0.05, 0) is 63.5 Å². The van der Waals surface area contributed by atoms with Gasteiger partial charge in [0.1, 0.15) is 11.3 Å². The zero-order valence-corrected chi connectivity index (χ0v) is 21.2. The van der Waals surface area contributed by atoms with E-state index in [2.05, 4.69) is 15.6 Å². The largest absolute Gasteiger partial charge is 0.448 e. The van der Waals surface area contributed by atoms with Crippen molar-refractivity contribution in [1.29, 1.82) is 0 Å². The van der Waals surface area contributed by atoms with Crippen LogP contribution in [0.3, 0.4) is 0 Å². The highest BCUT2D eigenvalue weighted by molar-refractivity contribution is 6.16. The first-order valence-electron chi connectivity index (χ1n) is 11.8. The molecule has 190 valence electrons. The maximum absolute atomic E-state index is 13.1. The Labute approximate surface area is 215 Å². The summed E-state index contributed by atoms with van der Waals surface area (Å²) in [5, 5.41) is 6.09. The molecule has 37 heavy (non-hydrogen) atoms. The Morgan fingerprint density at radius 3 is 2.19 bits per heavy atom. The van der Waals surface area contributed by atoms with Crippen LogP contribution in [0.4, 0.5) is 11.4 Å². The average Bonchev–Trinajstić information content (AvgIpc) is 3.26. The maximum atomic E-state index is 13.1. The van der Waals surface area contributed by atoms with Gasteiger partial charge >= 0.3 is 0 Å². The minimum absolute atomic E-state index is 0.0359. The van der Waals surface area contributed by atoms with Crippen molar-refractivity contribution in [2.45, 2.75) is 6.92 Å². The predicted molar refractivity (Wildman–Crippen MR) is 143 cm³/mol. The Bertz CT molecular complexity index is 1430. The Morgan fingerprint density at radius 2 is 1.51 bits per heavy atom. The predicted octanol–water partition coefficient (Wildman–Crippen LogP) is 4.27. The Kier molecular flexibility index (Phi) is 7.64. The number of aryl methyl sites for hydroxylation is 1. The molecular formula is C28H29N5O4. The van der Waals surface area contributed by atoms with Gasteiger partial charge in [0.15, 0.2) is 0 Å². The van der Waals surface area contributed by atoms with Gasteiger partial charge in [-0.25, -0.2) is 0 Å². The number of benzene rings is 2. The molecular weight excluding hydrogens is 470 g/mol. The molecule has 0 aliphatic heterocycles. The van der Waals surface area contributed by atoms with E-state index in [1.54, 1.807) is 60.6 Å². The number of hydrogen-bond acceptors (Lipinski definition) is 6. The number of likely N-dealkylation sites (N-methyl/N-ethyl adjacent to an activating group) is 2. The number of nitrogens with zero attached hydrogens (tertiary/aromatic N) is 3. The van der Waals surface area contributed by atoms with Crippen molar-refractivity contribution in [1.82, 2.24) is 14.8 Å². The summed E-state index contributed by atoms with van der Waals surface area (Å²) < 4.78 is 5.79. The molecule has 0 spiro atoms. The quantitative estimate of drug-likeness (QED) is 0.375. The molecule has 2 heterocycles. The third-order valence-electron chi connectivity index (χ3n) is 5.87. The fourth-order valence-corrected chi connectivity index (χ4v) is 3.67. The zero-order chi connectivity index (χ0) is 26.5. The molecule has 4 aromatic rings. The number of pyridine rings is 1. The zero-order valence-electron chi connectivity index (χ0n) is 21.2. The molecule has 2 aromatic heterocycles. The monoisotopic (exact) mass is 499 g/mol. The summed E-state index contributed by atoms with van der Waals surface area (Å²) in [6, 6.07) is 15.4. The number of anilines is 2. The molecule has 0 atom stereocenters. The van der Waals surface area contributed by atoms with Crippen LogP contribution in [0, 0.1) is 6.92 Å². The number of rotatable bonds is 8. The van der Waals surface area contributed by atoms with Crippen molar-refractivity contribution in [3.8, 4) is 0 Å². The summed E-state index contributed by atoms with van der Waals surface area (Å²) in [4.78, 5) is 46.6. The lowest BCUT2D eigenvalue weighted by Gasteiger charge is -2.19. The van der Waals surface area contributed by atoms with Gasteiger partial charge in [-0.2, -0.15) is 0 Å². The number of carbonyl (C=O) groups excluding carboxylic acids is 3. The van der Waals surface area contributed by atoms with Crippen molar-refractivity contribution in [2.24, 2.45) is 0 Å². The highest BCUT2D eigenvalue weighted by atomic mass is 16.3. The highest BCUT2D eigenvalue weighted by Crippen LogP contribution is 2.31. The fraction of sp³-hybridized carbons (Fsp3) is 0.214. The van der Waals surface area contributed by atoms with Crippen LogP contribution in [0.1, 0.15) is 36.8 Å². The van der Waals surface area contributed by atoms with Crippen molar-refractivity contribution < 1.29 is 18.8 Å². The van der Waals surface area contributed by atoms with Crippen molar-refractivity contribution in [3.05, 3.63) is 89.4 Å². The van der Waals surface area contributed by atoms with Crippen LogP contribution in [0.15, 0.2) is 71.4 Å².